The predicted molar refractivity (Wildman–Crippen MR) is 98.7 cm³/mol. The van der Waals surface area contributed by atoms with Gasteiger partial charge in [-0.05, 0) is 17.4 Å². The second-order valence-corrected chi connectivity index (χ2v) is 9.29. The number of hydrogen-bond acceptors (Lipinski definition) is 5. The first-order valence-corrected chi connectivity index (χ1v) is 9.71. The molecule has 0 spiro atoms. The molecule has 4 bridgehead atoms. The van der Waals surface area contributed by atoms with E-state index in [1.54, 1.807) is 6.07 Å². The number of piperidine rings is 2. The van der Waals surface area contributed by atoms with Gasteiger partial charge in [-0.2, -0.15) is 5.23 Å². The minimum Gasteiger partial charge on any atom is -0.595 e. The van der Waals surface area contributed by atoms with Crippen molar-refractivity contribution < 1.29 is 15.5 Å². The van der Waals surface area contributed by atoms with Gasteiger partial charge in [0, 0.05) is 49.1 Å². The first-order chi connectivity index (χ1) is 12.2. The molecule has 0 aromatic heterocycles. The van der Waals surface area contributed by atoms with E-state index < -0.39 is 5.23 Å². The van der Waals surface area contributed by atoms with Gasteiger partial charge < -0.3 is 10.3 Å². The Kier molecular flexibility index (Phi) is 4.23. The third kappa shape index (κ3) is 2.33. The van der Waals surface area contributed by atoms with Gasteiger partial charge in [0.05, 0.1) is 12.3 Å². The highest BCUT2D eigenvalue weighted by Crippen LogP contribution is 2.59. The number of quaternary nitrogens is 1. The first kappa shape index (κ1) is 18.3. The first-order valence-electron chi connectivity index (χ1n) is 9.71. The van der Waals surface area contributed by atoms with Crippen molar-refractivity contribution in [2.45, 2.75) is 40.0 Å². The summed E-state index contributed by atoms with van der Waals surface area (Å²) in [6.07, 6.45) is -0.172. The van der Waals surface area contributed by atoms with Crippen LogP contribution in [-0.4, -0.2) is 52.4 Å². The lowest BCUT2D eigenvalue weighted by atomic mass is 9.52. The smallest absolute Gasteiger partial charge is 0.164 e. The Morgan fingerprint density at radius 2 is 1.54 bits per heavy atom. The van der Waals surface area contributed by atoms with Crippen molar-refractivity contribution in [2.75, 3.05) is 26.2 Å². The normalized spacial score (nSPS) is 42.7. The van der Waals surface area contributed by atoms with Crippen molar-refractivity contribution in [1.29, 1.82) is 0 Å². The molecule has 3 N–H and O–H groups in total. The third-order valence-corrected chi connectivity index (χ3v) is 7.50. The Bertz CT molecular complexity index is 647. The van der Waals surface area contributed by atoms with Crippen LogP contribution < -0.4 is 5.23 Å². The molecule has 0 saturated carbocycles. The fourth-order valence-electron chi connectivity index (χ4n) is 5.84. The lowest BCUT2D eigenvalue weighted by Crippen LogP contribution is -2.99. The molecule has 0 radical (unpaired) electrons. The molecule has 4 aliphatic rings. The number of hydrogen-bond donors (Lipinski definition) is 3. The topological polar surface area (TPSA) is 74.4 Å². The molecule has 1 aromatic rings. The largest absolute Gasteiger partial charge is 0.595 e. The molecule has 1 unspecified atom stereocenters. The number of benzene rings is 1. The van der Waals surface area contributed by atoms with Crippen LogP contribution in [0.25, 0.3) is 0 Å². The molecule has 5 rings (SSSR count). The van der Waals surface area contributed by atoms with Gasteiger partial charge in [-0.3, -0.25) is 9.80 Å². The number of rotatable bonds is 4. The number of nitrogens with one attached hydrogen (secondary N) is 1. The van der Waals surface area contributed by atoms with Gasteiger partial charge in [0.15, 0.2) is 5.69 Å². The van der Waals surface area contributed by atoms with Crippen LogP contribution in [0.1, 0.15) is 39.4 Å². The summed E-state index contributed by atoms with van der Waals surface area (Å²) in [6, 6.07) is 7.36. The van der Waals surface area contributed by atoms with Crippen LogP contribution in [0.3, 0.4) is 0 Å². The molecule has 4 heterocycles. The molecular formula is C20H31N3O3. The number of aliphatic hydroxyl groups is 1. The quantitative estimate of drug-likeness (QED) is 0.707. The highest BCUT2D eigenvalue weighted by molar-refractivity contribution is 5.36. The van der Waals surface area contributed by atoms with Crippen LogP contribution in [0.15, 0.2) is 24.3 Å². The van der Waals surface area contributed by atoms with Gasteiger partial charge in [0.2, 0.25) is 0 Å². The Labute approximate surface area is 155 Å². The van der Waals surface area contributed by atoms with Crippen LogP contribution >= 0.6 is 0 Å². The Morgan fingerprint density at radius 1 is 1.04 bits per heavy atom. The molecule has 6 nitrogen and oxygen atoms in total. The molecule has 26 heavy (non-hydrogen) atoms. The lowest BCUT2D eigenvalue weighted by Gasteiger charge is -2.71. The fourth-order valence-corrected chi connectivity index (χ4v) is 5.84. The van der Waals surface area contributed by atoms with Crippen LogP contribution in [0.2, 0.25) is 0 Å². The van der Waals surface area contributed by atoms with E-state index in [0.29, 0.717) is 17.5 Å². The molecule has 1 atom stereocenters. The maximum atomic E-state index is 11.4. The van der Waals surface area contributed by atoms with Crippen molar-refractivity contribution >= 4 is 5.69 Å². The molecule has 4 saturated heterocycles. The van der Waals surface area contributed by atoms with Crippen LogP contribution in [0, 0.1) is 27.9 Å². The third-order valence-electron chi connectivity index (χ3n) is 7.50. The average Bonchev–Trinajstić information content (AvgIpc) is 2.58. The van der Waals surface area contributed by atoms with Gasteiger partial charge in [0.1, 0.15) is 0 Å². The zero-order valence-corrected chi connectivity index (χ0v) is 16.1. The van der Waals surface area contributed by atoms with Crippen LogP contribution in [0.5, 0.6) is 0 Å². The van der Waals surface area contributed by atoms with Crippen LogP contribution in [-0.2, 0) is 0 Å². The molecule has 0 amide bonds. The maximum absolute atomic E-state index is 11.4. The van der Waals surface area contributed by atoms with E-state index in [0.717, 1.165) is 31.7 Å². The minimum atomic E-state index is -0.881. The standard InChI is InChI=1S/C20H31N3O3/c1-13(2)19-9-21-11-20(14(3)4,18(19)24)12-22(10-19)17(21)15-6-5-7-16(8-15)23(25)26/h5-8,13-14,17-18,23-25H,9-12H2,1-4H3. The Morgan fingerprint density at radius 3 is 1.96 bits per heavy atom. The van der Waals surface area contributed by atoms with Gasteiger partial charge in [-0.1, -0.05) is 39.8 Å². The van der Waals surface area contributed by atoms with Gasteiger partial charge >= 0.3 is 0 Å². The molecule has 0 aliphatic carbocycles. The molecule has 144 valence electrons. The molecule has 1 aromatic carbocycles. The second kappa shape index (κ2) is 5.99. The SMILES string of the molecule is CC(C)C12CN3CC(C(C)C)(CN(C1)C3c1cccc([NH+]([O-])O)c1)C2O. The molecule has 4 aliphatic heterocycles. The number of aliphatic hydroxyl groups excluding tert-OH is 1. The van der Waals surface area contributed by atoms with Crippen LogP contribution in [0.4, 0.5) is 5.69 Å². The van der Waals surface area contributed by atoms with E-state index in [4.69, 9.17) is 0 Å². The molecule has 4 fully saturated rings. The Hall–Kier alpha value is -1.02. The predicted octanol–water partition coefficient (Wildman–Crippen LogP) is 1.38. The highest BCUT2D eigenvalue weighted by atomic mass is 16.8. The van der Waals surface area contributed by atoms with Crippen molar-refractivity contribution in [3.8, 4) is 0 Å². The van der Waals surface area contributed by atoms with Crippen molar-refractivity contribution in [3.05, 3.63) is 35.0 Å². The average molecular weight is 361 g/mol. The molecule has 6 heteroatoms. The number of nitrogens with zero attached hydrogens (tertiary/aromatic N) is 2. The van der Waals surface area contributed by atoms with Gasteiger partial charge in [-0.15, -0.1) is 0 Å². The molecular weight excluding hydrogens is 330 g/mol. The summed E-state index contributed by atoms with van der Waals surface area (Å²) in [4.78, 5) is 4.97. The van der Waals surface area contributed by atoms with E-state index in [2.05, 4.69) is 37.5 Å². The van der Waals surface area contributed by atoms with E-state index >= 15 is 0 Å². The minimum absolute atomic E-state index is 0.109. The van der Waals surface area contributed by atoms with Crippen molar-refractivity contribution in [1.82, 2.24) is 9.80 Å². The lowest BCUT2D eigenvalue weighted by molar-refractivity contribution is -0.991. The summed E-state index contributed by atoms with van der Waals surface area (Å²) in [6.45, 7) is 12.4. The Balaban J connectivity index is 1.75. The summed E-state index contributed by atoms with van der Waals surface area (Å²) in [5.41, 5.74) is 1.18. The maximum Gasteiger partial charge on any atom is 0.164 e. The zero-order valence-electron chi connectivity index (χ0n) is 16.1. The summed E-state index contributed by atoms with van der Waals surface area (Å²) in [7, 11) is 0. The van der Waals surface area contributed by atoms with E-state index in [9.17, 15) is 15.5 Å². The van der Waals surface area contributed by atoms with Gasteiger partial charge in [0.25, 0.3) is 0 Å². The monoisotopic (exact) mass is 361 g/mol. The fraction of sp³-hybridized carbons (Fsp3) is 0.700. The van der Waals surface area contributed by atoms with Gasteiger partial charge in [-0.25, -0.2) is 5.21 Å². The zero-order chi connectivity index (χ0) is 18.9. The summed E-state index contributed by atoms with van der Waals surface area (Å²) in [5, 5.41) is 31.3. The van der Waals surface area contributed by atoms with Crippen molar-refractivity contribution in [2.24, 2.45) is 22.7 Å². The summed E-state index contributed by atoms with van der Waals surface area (Å²) < 4.78 is 0. The summed E-state index contributed by atoms with van der Waals surface area (Å²) >= 11 is 0. The van der Waals surface area contributed by atoms with E-state index in [-0.39, 0.29) is 23.1 Å². The second-order valence-electron chi connectivity index (χ2n) is 9.29. The van der Waals surface area contributed by atoms with E-state index in [1.807, 2.05) is 18.2 Å². The summed E-state index contributed by atoms with van der Waals surface area (Å²) in [5.74, 6) is 0.792. The highest BCUT2D eigenvalue weighted by Gasteiger charge is 2.66. The van der Waals surface area contributed by atoms with E-state index in [1.165, 1.54) is 0 Å². The van der Waals surface area contributed by atoms with Crippen molar-refractivity contribution in [3.63, 3.8) is 0 Å².